The summed E-state index contributed by atoms with van der Waals surface area (Å²) in [5.74, 6) is -0.589. The van der Waals surface area contributed by atoms with Crippen molar-refractivity contribution in [3.8, 4) is 0 Å². The first-order valence-electron chi connectivity index (χ1n) is 8.85. The zero-order valence-electron chi connectivity index (χ0n) is 15.1. The van der Waals surface area contributed by atoms with E-state index in [4.69, 9.17) is 9.05 Å². The van der Waals surface area contributed by atoms with Crippen LogP contribution in [0.2, 0.25) is 0 Å². The Morgan fingerprint density at radius 1 is 0.846 bits per heavy atom. The van der Waals surface area contributed by atoms with Crippen LogP contribution in [-0.2, 0) is 13.6 Å². The van der Waals surface area contributed by atoms with E-state index in [1.165, 1.54) is 0 Å². The molecule has 1 unspecified atom stereocenters. The third kappa shape index (κ3) is 4.16. The number of hydrogen-bond acceptors (Lipinski definition) is 4. The number of nitrogens with one attached hydrogen (secondary N) is 1. The van der Waals surface area contributed by atoms with Gasteiger partial charge in [-0.3, -0.25) is 4.57 Å². The van der Waals surface area contributed by atoms with Crippen LogP contribution >= 0.6 is 7.60 Å². The first-order chi connectivity index (χ1) is 12.7. The molecule has 1 N–H and O–H groups in total. The summed E-state index contributed by atoms with van der Waals surface area (Å²) in [7, 11) is -3.41. The number of anilines is 1. The molecule has 0 bridgehead atoms. The van der Waals surface area contributed by atoms with E-state index in [1.54, 1.807) is 0 Å². The Balaban J connectivity index is 2.06. The number of hydrogen-bond donors (Lipinski definition) is 1. The Hall–Kier alpha value is -2.13. The van der Waals surface area contributed by atoms with E-state index >= 15 is 0 Å². The van der Waals surface area contributed by atoms with Gasteiger partial charge in [0.25, 0.3) is 0 Å². The molecule has 0 aliphatic rings. The molecule has 0 heterocycles. The maximum atomic E-state index is 13.5. The van der Waals surface area contributed by atoms with Gasteiger partial charge in [0.1, 0.15) is 0 Å². The Bertz CT molecular complexity index is 888. The van der Waals surface area contributed by atoms with Gasteiger partial charge in [-0.25, -0.2) is 0 Å². The van der Waals surface area contributed by atoms with Gasteiger partial charge in [0.05, 0.1) is 13.2 Å². The predicted octanol–water partition coefficient (Wildman–Crippen LogP) is 6.22. The maximum absolute atomic E-state index is 13.5. The van der Waals surface area contributed by atoms with Crippen LogP contribution in [0, 0.1) is 0 Å². The minimum absolute atomic E-state index is 0.317. The summed E-state index contributed by atoms with van der Waals surface area (Å²) >= 11 is 0. The highest BCUT2D eigenvalue weighted by Gasteiger charge is 2.37. The van der Waals surface area contributed by atoms with E-state index < -0.39 is 13.4 Å². The van der Waals surface area contributed by atoms with E-state index in [1.807, 2.05) is 80.6 Å². The van der Waals surface area contributed by atoms with Gasteiger partial charge in [0, 0.05) is 5.69 Å². The van der Waals surface area contributed by atoms with Crippen molar-refractivity contribution in [1.82, 2.24) is 0 Å². The maximum Gasteiger partial charge on any atom is 0.357 e. The van der Waals surface area contributed by atoms with E-state index in [9.17, 15) is 4.57 Å². The van der Waals surface area contributed by atoms with Gasteiger partial charge in [-0.1, -0.05) is 54.6 Å². The molecule has 0 amide bonds. The van der Waals surface area contributed by atoms with Crippen LogP contribution in [0.5, 0.6) is 0 Å². The van der Waals surface area contributed by atoms with E-state index in [2.05, 4.69) is 11.4 Å². The molecule has 0 spiro atoms. The number of fused-ring (bicyclic) bond motifs is 1. The molecule has 3 aromatic carbocycles. The fraction of sp³-hybridized carbons (Fsp3) is 0.238. The quantitative estimate of drug-likeness (QED) is 0.479. The number of benzene rings is 3. The van der Waals surface area contributed by atoms with Crippen LogP contribution in [-0.4, -0.2) is 13.2 Å². The van der Waals surface area contributed by atoms with Crippen molar-refractivity contribution in [2.45, 2.75) is 19.6 Å². The summed E-state index contributed by atoms with van der Waals surface area (Å²) in [5, 5.41) is 5.58. The Labute approximate surface area is 154 Å². The van der Waals surface area contributed by atoms with Crippen molar-refractivity contribution in [3.05, 3.63) is 78.4 Å². The normalized spacial score (nSPS) is 12.8. The molecular formula is C21H24NO3P. The third-order valence-corrected chi connectivity index (χ3v) is 6.40. The second-order valence-corrected chi connectivity index (χ2v) is 8.01. The summed E-state index contributed by atoms with van der Waals surface area (Å²) in [5.41, 5.74) is 1.74. The fourth-order valence-corrected chi connectivity index (χ4v) is 4.89. The van der Waals surface area contributed by atoms with Gasteiger partial charge in [0.2, 0.25) is 0 Å². The highest BCUT2D eigenvalue weighted by atomic mass is 31.2. The summed E-state index contributed by atoms with van der Waals surface area (Å²) < 4.78 is 24.8. The minimum Gasteiger partial charge on any atom is -0.368 e. The van der Waals surface area contributed by atoms with Crippen LogP contribution in [0.15, 0.2) is 72.8 Å². The second kappa shape index (κ2) is 8.50. The molecule has 0 saturated carbocycles. The molecule has 0 radical (unpaired) electrons. The molecule has 3 rings (SSSR count). The van der Waals surface area contributed by atoms with Crippen LogP contribution < -0.4 is 5.32 Å². The summed E-state index contributed by atoms with van der Waals surface area (Å²) in [6.07, 6.45) is 0. The van der Waals surface area contributed by atoms with Crippen molar-refractivity contribution in [2.24, 2.45) is 0 Å². The van der Waals surface area contributed by atoms with Gasteiger partial charge < -0.3 is 14.4 Å². The molecule has 26 heavy (non-hydrogen) atoms. The van der Waals surface area contributed by atoms with E-state index in [0.29, 0.717) is 13.2 Å². The molecule has 0 aromatic heterocycles. The highest BCUT2D eigenvalue weighted by molar-refractivity contribution is 7.54. The molecule has 0 fully saturated rings. The summed E-state index contributed by atoms with van der Waals surface area (Å²) in [6, 6.07) is 23.9. The van der Waals surface area contributed by atoms with Gasteiger partial charge >= 0.3 is 7.60 Å². The van der Waals surface area contributed by atoms with Crippen LogP contribution in [0.4, 0.5) is 5.69 Å². The van der Waals surface area contributed by atoms with Gasteiger partial charge in [-0.15, -0.1) is 0 Å². The van der Waals surface area contributed by atoms with Gasteiger partial charge in [-0.2, -0.15) is 0 Å². The molecule has 3 aromatic rings. The zero-order chi connectivity index (χ0) is 18.4. The summed E-state index contributed by atoms with van der Waals surface area (Å²) in [6.45, 7) is 4.28. The second-order valence-electron chi connectivity index (χ2n) is 5.89. The molecule has 0 saturated heterocycles. The molecule has 0 aliphatic heterocycles. The largest absolute Gasteiger partial charge is 0.368 e. The van der Waals surface area contributed by atoms with Crippen molar-refractivity contribution in [2.75, 3.05) is 18.5 Å². The lowest BCUT2D eigenvalue weighted by atomic mass is 10.1. The Morgan fingerprint density at radius 3 is 2.12 bits per heavy atom. The average molecular weight is 369 g/mol. The van der Waals surface area contributed by atoms with Crippen molar-refractivity contribution >= 4 is 24.1 Å². The fourth-order valence-electron chi connectivity index (χ4n) is 2.96. The standard InChI is InChI=1S/C21H24NO3P/c1-3-24-26(23,25-4-2)21(22-20-12-6-5-7-13-20)19-15-14-17-10-8-9-11-18(17)16-19/h5-16,21-22H,3-4H2,1-2H3. The van der Waals surface area contributed by atoms with Crippen molar-refractivity contribution < 1.29 is 13.6 Å². The number of para-hydroxylation sites is 1. The lowest BCUT2D eigenvalue weighted by Crippen LogP contribution is -2.15. The molecule has 4 nitrogen and oxygen atoms in total. The lowest BCUT2D eigenvalue weighted by molar-refractivity contribution is 0.214. The first kappa shape index (κ1) is 18.7. The third-order valence-electron chi connectivity index (χ3n) is 4.10. The van der Waals surface area contributed by atoms with E-state index in [-0.39, 0.29) is 0 Å². The van der Waals surface area contributed by atoms with E-state index in [0.717, 1.165) is 22.0 Å². The monoisotopic (exact) mass is 369 g/mol. The van der Waals surface area contributed by atoms with Crippen LogP contribution in [0.1, 0.15) is 25.2 Å². The summed E-state index contributed by atoms with van der Waals surface area (Å²) in [4.78, 5) is 0. The average Bonchev–Trinajstić information content (AvgIpc) is 2.67. The molecule has 0 aliphatic carbocycles. The van der Waals surface area contributed by atoms with Crippen molar-refractivity contribution in [1.29, 1.82) is 0 Å². The smallest absolute Gasteiger partial charge is 0.357 e. The Morgan fingerprint density at radius 2 is 1.46 bits per heavy atom. The number of rotatable bonds is 8. The molecule has 5 heteroatoms. The lowest BCUT2D eigenvalue weighted by Gasteiger charge is -2.28. The molecule has 136 valence electrons. The highest BCUT2D eigenvalue weighted by Crippen LogP contribution is 2.60. The first-order valence-corrected chi connectivity index (χ1v) is 10.5. The molecular weight excluding hydrogens is 345 g/mol. The predicted molar refractivity (Wildman–Crippen MR) is 108 cm³/mol. The topological polar surface area (TPSA) is 47.6 Å². The molecule has 1 atom stereocenters. The zero-order valence-corrected chi connectivity index (χ0v) is 16.0. The van der Waals surface area contributed by atoms with Gasteiger partial charge in [-0.05, 0) is 48.4 Å². The van der Waals surface area contributed by atoms with Crippen LogP contribution in [0.3, 0.4) is 0 Å². The van der Waals surface area contributed by atoms with Crippen molar-refractivity contribution in [3.63, 3.8) is 0 Å². The Kier molecular flexibility index (Phi) is 6.10. The van der Waals surface area contributed by atoms with Gasteiger partial charge in [0.15, 0.2) is 5.78 Å². The van der Waals surface area contributed by atoms with Crippen LogP contribution in [0.25, 0.3) is 10.8 Å². The SMILES string of the molecule is CCOP(=O)(OCC)C(Nc1ccccc1)c1ccc2ccccc2c1. The minimum atomic E-state index is -3.41.